The van der Waals surface area contributed by atoms with Crippen LogP contribution in [0.1, 0.15) is 48.7 Å². The summed E-state index contributed by atoms with van der Waals surface area (Å²) in [6.45, 7) is 7.01. The number of primary amides is 1. The number of aliphatic hydroxyl groups is 1. The molecule has 10 heteroatoms. The van der Waals surface area contributed by atoms with Crippen LogP contribution >= 0.6 is 0 Å². The Morgan fingerprint density at radius 3 is 2.50 bits per heavy atom. The van der Waals surface area contributed by atoms with Crippen LogP contribution in [0.25, 0.3) is 16.6 Å². The fraction of sp³-hybridized carbons (Fsp3) is 0.321. The summed E-state index contributed by atoms with van der Waals surface area (Å²) >= 11 is 0. The first-order valence-electron chi connectivity index (χ1n) is 12.6. The zero-order chi connectivity index (χ0) is 27.0. The second-order valence-corrected chi connectivity index (χ2v) is 10.2. The number of amides is 1. The molecule has 0 aliphatic carbocycles. The molecule has 1 aliphatic heterocycles. The van der Waals surface area contributed by atoms with Crippen LogP contribution in [0.5, 0.6) is 0 Å². The van der Waals surface area contributed by atoms with Gasteiger partial charge in [-0.15, -0.1) is 0 Å². The van der Waals surface area contributed by atoms with Crippen molar-refractivity contribution in [1.82, 2.24) is 19.6 Å². The lowest BCUT2D eigenvalue weighted by Gasteiger charge is -2.21. The quantitative estimate of drug-likeness (QED) is 0.343. The van der Waals surface area contributed by atoms with E-state index in [1.165, 1.54) is 18.6 Å². The lowest BCUT2D eigenvalue weighted by Crippen LogP contribution is -2.31. The lowest BCUT2D eigenvalue weighted by atomic mass is 9.96. The molecule has 4 N–H and O–H groups in total. The molecule has 0 bridgehead atoms. The Morgan fingerprint density at radius 1 is 1.18 bits per heavy atom. The fourth-order valence-corrected chi connectivity index (χ4v) is 4.96. The lowest BCUT2D eigenvalue weighted by molar-refractivity contribution is 0.0786. The van der Waals surface area contributed by atoms with Crippen LogP contribution in [0.2, 0.25) is 0 Å². The fourth-order valence-electron chi connectivity index (χ4n) is 4.96. The van der Waals surface area contributed by atoms with Crippen LogP contribution in [0, 0.1) is 17.2 Å². The van der Waals surface area contributed by atoms with Gasteiger partial charge in [0.25, 0.3) is 5.91 Å². The minimum atomic E-state index is -0.924. The first-order valence-corrected chi connectivity index (χ1v) is 12.6. The number of anilines is 2. The summed E-state index contributed by atoms with van der Waals surface area (Å²) in [6, 6.07) is 11.8. The molecule has 1 saturated heterocycles. The Kier molecular flexibility index (Phi) is 6.46. The van der Waals surface area contributed by atoms with Crippen molar-refractivity contribution in [1.29, 1.82) is 5.26 Å². The van der Waals surface area contributed by atoms with E-state index >= 15 is 0 Å². The average molecular weight is 511 g/mol. The molecule has 0 spiro atoms. The number of nitrogens with one attached hydrogen (secondary N) is 1. The standard InChI is InChI=1S/C28H30N8O2/c1-4-18-14-35(27-31-11-17(10-29)12-32-27)16-23(18)34-25-22(26(30)37)13-33-36-15-20(9-24(25)36)19-5-7-21(8-6-19)28(2,3)38/h5-9,11-13,15,18,23,34,38H,4,14,16H2,1-3H3,(H2,30,37)/t18-,23+/m0/s1. The topological polar surface area (TPSA) is 145 Å². The molecule has 3 aromatic heterocycles. The summed E-state index contributed by atoms with van der Waals surface area (Å²) in [4.78, 5) is 23.2. The van der Waals surface area contributed by atoms with Crippen LogP contribution < -0.4 is 16.0 Å². The van der Waals surface area contributed by atoms with Gasteiger partial charge in [0.1, 0.15) is 6.07 Å². The van der Waals surface area contributed by atoms with Crippen molar-refractivity contribution in [3.05, 3.63) is 71.8 Å². The molecule has 1 amide bonds. The maximum absolute atomic E-state index is 12.4. The highest BCUT2D eigenvalue weighted by molar-refractivity contribution is 6.02. The van der Waals surface area contributed by atoms with E-state index in [0.717, 1.165) is 35.2 Å². The third-order valence-corrected chi connectivity index (χ3v) is 7.17. The molecule has 10 nitrogen and oxygen atoms in total. The van der Waals surface area contributed by atoms with Gasteiger partial charge in [-0.1, -0.05) is 31.2 Å². The van der Waals surface area contributed by atoms with Crippen molar-refractivity contribution in [3.8, 4) is 17.2 Å². The molecular weight excluding hydrogens is 480 g/mol. The number of nitriles is 1. The Labute approximate surface area is 220 Å². The van der Waals surface area contributed by atoms with Crippen molar-refractivity contribution in [3.63, 3.8) is 0 Å². The molecule has 4 heterocycles. The van der Waals surface area contributed by atoms with Gasteiger partial charge in [0.2, 0.25) is 5.95 Å². The van der Waals surface area contributed by atoms with E-state index in [-0.39, 0.29) is 12.0 Å². The molecule has 1 aromatic carbocycles. The number of carbonyl (C=O) groups is 1. The van der Waals surface area contributed by atoms with E-state index in [9.17, 15) is 9.90 Å². The third kappa shape index (κ3) is 4.76. The summed E-state index contributed by atoms with van der Waals surface area (Å²) in [5, 5.41) is 27.4. The minimum Gasteiger partial charge on any atom is -0.386 e. The average Bonchev–Trinajstić information content (AvgIpc) is 3.53. The Hall–Kier alpha value is -4.49. The summed E-state index contributed by atoms with van der Waals surface area (Å²) in [6.07, 6.45) is 7.37. The zero-order valence-electron chi connectivity index (χ0n) is 21.6. The molecule has 1 fully saturated rings. The number of rotatable bonds is 7. The molecular formula is C28H30N8O2. The highest BCUT2D eigenvalue weighted by Crippen LogP contribution is 2.33. The highest BCUT2D eigenvalue weighted by Gasteiger charge is 2.34. The Bertz CT molecular complexity index is 1510. The number of hydrogen-bond acceptors (Lipinski definition) is 8. The maximum atomic E-state index is 12.4. The number of aromatic nitrogens is 4. The number of carbonyl (C=O) groups excluding carboxylic acids is 1. The predicted octanol–water partition coefficient (Wildman–Crippen LogP) is 3.32. The zero-order valence-corrected chi connectivity index (χ0v) is 21.6. The molecule has 1 aliphatic rings. The molecule has 194 valence electrons. The van der Waals surface area contributed by atoms with Crippen LogP contribution in [0.15, 0.2) is 55.1 Å². The summed E-state index contributed by atoms with van der Waals surface area (Å²) in [5.41, 5.74) is 9.67. The number of nitrogens with two attached hydrogens (primary N) is 1. The van der Waals surface area contributed by atoms with Gasteiger partial charge in [-0.3, -0.25) is 4.79 Å². The maximum Gasteiger partial charge on any atom is 0.252 e. The first kappa shape index (κ1) is 25.2. The second kappa shape index (κ2) is 9.76. The summed E-state index contributed by atoms with van der Waals surface area (Å²) in [5.74, 6) is 0.284. The van der Waals surface area contributed by atoms with Gasteiger partial charge in [0.15, 0.2) is 0 Å². The van der Waals surface area contributed by atoms with Crippen LogP contribution in [0.4, 0.5) is 11.6 Å². The van der Waals surface area contributed by atoms with E-state index in [2.05, 4.69) is 32.2 Å². The van der Waals surface area contributed by atoms with Gasteiger partial charge in [0, 0.05) is 30.9 Å². The normalized spacial score (nSPS) is 17.5. The molecule has 4 aromatic rings. The number of hydrogen-bond donors (Lipinski definition) is 3. The van der Waals surface area contributed by atoms with Crippen molar-refractivity contribution >= 4 is 23.1 Å². The SMILES string of the molecule is CC[C@H]1CN(c2ncc(C#N)cn2)C[C@H]1Nc1c(C(N)=O)cnn2cc(-c3ccc(C(C)(C)O)cc3)cc12. The van der Waals surface area contributed by atoms with Gasteiger partial charge >= 0.3 is 0 Å². The van der Waals surface area contributed by atoms with Crippen molar-refractivity contribution in [2.45, 2.75) is 38.8 Å². The second-order valence-electron chi connectivity index (χ2n) is 10.2. The van der Waals surface area contributed by atoms with Gasteiger partial charge in [-0.05, 0) is 43.4 Å². The molecule has 2 atom stereocenters. The molecule has 0 unspecified atom stereocenters. The van der Waals surface area contributed by atoms with Crippen LogP contribution in [0.3, 0.4) is 0 Å². The monoisotopic (exact) mass is 510 g/mol. The van der Waals surface area contributed by atoms with Crippen molar-refractivity contribution in [2.24, 2.45) is 11.7 Å². The van der Waals surface area contributed by atoms with Crippen molar-refractivity contribution < 1.29 is 9.90 Å². The van der Waals surface area contributed by atoms with Crippen molar-refractivity contribution in [2.75, 3.05) is 23.3 Å². The first-order chi connectivity index (χ1) is 18.2. The van der Waals surface area contributed by atoms with Crippen LogP contribution in [-0.4, -0.2) is 49.7 Å². The highest BCUT2D eigenvalue weighted by atomic mass is 16.3. The smallest absolute Gasteiger partial charge is 0.252 e. The summed E-state index contributed by atoms with van der Waals surface area (Å²) < 4.78 is 1.74. The van der Waals surface area contributed by atoms with E-state index in [4.69, 9.17) is 11.0 Å². The Morgan fingerprint density at radius 2 is 1.89 bits per heavy atom. The number of nitrogens with zero attached hydrogens (tertiary/aromatic N) is 6. The van der Waals surface area contributed by atoms with Gasteiger partial charge in [-0.25, -0.2) is 14.5 Å². The van der Waals surface area contributed by atoms with Gasteiger partial charge in [0.05, 0.1) is 46.5 Å². The third-order valence-electron chi connectivity index (χ3n) is 7.17. The molecule has 0 radical (unpaired) electrons. The minimum absolute atomic E-state index is 0.00737. The van der Waals surface area contributed by atoms with E-state index in [1.54, 1.807) is 18.4 Å². The predicted molar refractivity (Wildman–Crippen MR) is 145 cm³/mol. The molecule has 38 heavy (non-hydrogen) atoms. The van der Waals surface area contributed by atoms with E-state index < -0.39 is 11.5 Å². The number of benzene rings is 1. The molecule has 5 rings (SSSR count). The Balaban J connectivity index is 1.48. The van der Waals surface area contributed by atoms with Gasteiger partial charge in [-0.2, -0.15) is 10.4 Å². The van der Waals surface area contributed by atoms with Gasteiger partial charge < -0.3 is 21.1 Å². The van der Waals surface area contributed by atoms with E-state index in [1.807, 2.05) is 42.6 Å². The van der Waals surface area contributed by atoms with Crippen LogP contribution in [-0.2, 0) is 5.60 Å². The number of fused-ring (bicyclic) bond motifs is 1. The largest absolute Gasteiger partial charge is 0.386 e. The molecule has 0 saturated carbocycles. The summed E-state index contributed by atoms with van der Waals surface area (Å²) in [7, 11) is 0. The van der Waals surface area contributed by atoms with E-state index in [0.29, 0.717) is 29.3 Å².